The van der Waals surface area contributed by atoms with Crippen LogP contribution in [0.5, 0.6) is 0 Å². The van der Waals surface area contributed by atoms with E-state index in [1.165, 1.54) is 0 Å². The molecule has 0 amide bonds. The molecule has 2 heteroatoms. The smallest absolute Gasteiger partial charge is 0.0471 e. The van der Waals surface area contributed by atoms with Crippen molar-refractivity contribution in [3.05, 3.63) is 54.4 Å². The van der Waals surface area contributed by atoms with Crippen LogP contribution in [0.15, 0.2) is 53.8 Å². The molecule has 0 atom stereocenters. The molecule has 0 bridgehead atoms. The van der Waals surface area contributed by atoms with Gasteiger partial charge in [0.2, 0.25) is 0 Å². The number of hydrogen-bond donors (Lipinski definition) is 1. The minimum atomic E-state index is 0.811. The maximum absolute atomic E-state index is 4.21. The first-order chi connectivity index (χ1) is 6.90. The lowest BCUT2D eigenvalue weighted by Crippen LogP contribution is -1.99. The first-order valence-electron chi connectivity index (χ1n) is 4.59. The second-order valence-electron chi connectivity index (χ2n) is 3.14. The van der Waals surface area contributed by atoms with Crippen molar-refractivity contribution >= 4 is 11.9 Å². The average Bonchev–Trinajstić information content (AvgIpc) is 2.40. The van der Waals surface area contributed by atoms with Crippen LogP contribution in [0.4, 0.5) is 5.69 Å². The van der Waals surface area contributed by atoms with Crippen LogP contribution < -0.4 is 5.32 Å². The number of fused-ring (bicyclic) bond motifs is 1. The van der Waals surface area contributed by atoms with E-state index < -0.39 is 0 Å². The summed E-state index contributed by atoms with van der Waals surface area (Å²) >= 11 is 0. The number of para-hydroxylation sites is 1. The fourth-order valence-electron chi connectivity index (χ4n) is 1.40. The van der Waals surface area contributed by atoms with Crippen molar-refractivity contribution in [1.29, 1.82) is 0 Å². The summed E-state index contributed by atoms with van der Waals surface area (Å²) in [6, 6.07) is 8.10. The van der Waals surface area contributed by atoms with Gasteiger partial charge in [-0.25, -0.2) is 0 Å². The van der Waals surface area contributed by atoms with Gasteiger partial charge in [0.15, 0.2) is 0 Å². The number of rotatable bonds is 2. The molecule has 14 heavy (non-hydrogen) atoms. The van der Waals surface area contributed by atoms with Gasteiger partial charge >= 0.3 is 0 Å². The molecule has 1 aliphatic heterocycles. The van der Waals surface area contributed by atoms with Crippen molar-refractivity contribution in [2.24, 2.45) is 4.99 Å². The first-order valence-corrected chi connectivity index (χ1v) is 4.59. The highest BCUT2D eigenvalue weighted by Gasteiger charge is 2.03. The van der Waals surface area contributed by atoms with E-state index in [1.54, 1.807) is 0 Å². The van der Waals surface area contributed by atoms with Crippen molar-refractivity contribution in [3.63, 3.8) is 0 Å². The molecule has 0 fully saturated rings. The molecular weight excluding hydrogens is 172 g/mol. The third-order valence-corrected chi connectivity index (χ3v) is 2.06. The maximum Gasteiger partial charge on any atom is 0.0471 e. The van der Waals surface area contributed by atoms with Crippen molar-refractivity contribution < 1.29 is 0 Å². The SMILES string of the molecule is C=CCC1=CN=Cc2ccccc2N1. The number of hydrogen-bond acceptors (Lipinski definition) is 2. The standard InChI is InChI=1S/C12H12N2/c1-2-5-11-9-13-8-10-6-3-4-7-12(10)14-11/h2-4,6-9,14H,1,5H2. The Balaban J connectivity index is 2.32. The molecule has 1 N–H and O–H groups in total. The Kier molecular flexibility index (Phi) is 2.45. The number of aliphatic imine (C=N–C) groups is 1. The van der Waals surface area contributed by atoms with Crippen LogP contribution in [-0.4, -0.2) is 6.21 Å². The second-order valence-corrected chi connectivity index (χ2v) is 3.14. The first kappa shape index (κ1) is 8.75. The third kappa shape index (κ3) is 1.74. The minimum absolute atomic E-state index is 0.811. The predicted octanol–water partition coefficient (Wildman–Crippen LogP) is 2.95. The van der Waals surface area contributed by atoms with Crippen molar-refractivity contribution in [1.82, 2.24) is 0 Å². The van der Waals surface area contributed by atoms with Crippen LogP contribution >= 0.6 is 0 Å². The lowest BCUT2D eigenvalue weighted by molar-refractivity contribution is 1.20. The minimum Gasteiger partial charge on any atom is -0.357 e. The van der Waals surface area contributed by atoms with Crippen LogP contribution in [-0.2, 0) is 0 Å². The molecule has 0 unspecified atom stereocenters. The number of nitrogens with one attached hydrogen (secondary N) is 1. The van der Waals surface area contributed by atoms with Crippen molar-refractivity contribution in [3.8, 4) is 0 Å². The van der Waals surface area contributed by atoms with Gasteiger partial charge in [0.1, 0.15) is 0 Å². The van der Waals surface area contributed by atoms with Crippen molar-refractivity contribution in [2.75, 3.05) is 5.32 Å². The van der Waals surface area contributed by atoms with Gasteiger partial charge in [-0.1, -0.05) is 24.3 Å². The molecule has 0 saturated carbocycles. The van der Waals surface area contributed by atoms with E-state index in [1.807, 2.05) is 42.8 Å². The van der Waals surface area contributed by atoms with E-state index in [2.05, 4.69) is 16.9 Å². The van der Waals surface area contributed by atoms with Crippen LogP contribution in [0.1, 0.15) is 12.0 Å². The largest absolute Gasteiger partial charge is 0.357 e. The zero-order valence-electron chi connectivity index (χ0n) is 7.90. The number of allylic oxidation sites excluding steroid dienone is 1. The van der Waals surface area contributed by atoms with Crippen molar-refractivity contribution in [2.45, 2.75) is 6.42 Å². The highest BCUT2D eigenvalue weighted by Crippen LogP contribution is 2.19. The van der Waals surface area contributed by atoms with E-state index in [-0.39, 0.29) is 0 Å². The topological polar surface area (TPSA) is 24.4 Å². The number of nitrogens with zero attached hydrogens (tertiary/aromatic N) is 1. The van der Waals surface area contributed by atoms with Crippen LogP contribution in [0.25, 0.3) is 0 Å². The second kappa shape index (κ2) is 3.92. The maximum atomic E-state index is 4.21. The summed E-state index contributed by atoms with van der Waals surface area (Å²) in [5.41, 5.74) is 3.28. The molecule has 2 nitrogen and oxygen atoms in total. The molecule has 70 valence electrons. The van der Waals surface area contributed by atoms with Crippen LogP contribution in [0.3, 0.4) is 0 Å². The van der Waals surface area contributed by atoms with Gasteiger partial charge < -0.3 is 5.32 Å². The Morgan fingerprint density at radius 3 is 3.07 bits per heavy atom. The van der Waals surface area contributed by atoms with Gasteiger partial charge in [0.25, 0.3) is 0 Å². The molecule has 1 aromatic rings. The zero-order chi connectivity index (χ0) is 9.80. The Morgan fingerprint density at radius 2 is 2.21 bits per heavy atom. The molecule has 0 saturated heterocycles. The van der Waals surface area contributed by atoms with Gasteiger partial charge in [-0.15, -0.1) is 6.58 Å². The van der Waals surface area contributed by atoms with Gasteiger partial charge in [-0.05, 0) is 6.07 Å². The highest BCUT2D eigenvalue weighted by atomic mass is 14.9. The normalized spacial score (nSPS) is 13.6. The summed E-state index contributed by atoms with van der Waals surface area (Å²) in [5, 5.41) is 3.33. The molecule has 1 aliphatic rings. The fourth-order valence-corrected chi connectivity index (χ4v) is 1.40. The molecule has 0 aliphatic carbocycles. The van der Waals surface area contributed by atoms with E-state index in [9.17, 15) is 0 Å². The van der Waals surface area contributed by atoms with Gasteiger partial charge in [0, 0.05) is 35.8 Å². The molecule has 0 spiro atoms. The number of anilines is 1. The third-order valence-electron chi connectivity index (χ3n) is 2.06. The predicted molar refractivity (Wildman–Crippen MR) is 60.6 cm³/mol. The Bertz CT molecular complexity index is 403. The average molecular weight is 184 g/mol. The lowest BCUT2D eigenvalue weighted by atomic mass is 10.2. The van der Waals surface area contributed by atoms with Gasteiger partial charge in [0.05, 0.1) is 0 Å². The summed E-state index contributed by atoms with van der Waals surface area (Å²) in [7, 11) is 0. The van der Waals surface area contributed by atoms with Crippen LogP contribution in [0, 0.1) is 0 Å². The summed E-state index contributed by atoms with van der Waals surface area (Å²) < 4.78 is 0. The highest BCUT2D eigenvalue weighted by molar-refractivity contribution is 5.89. The van der Waals surface area contributed by atoms with E-state index in [0.29, 0.717) is 0 Å². The molecule has 2 rings (SSSR count). The monoisotopic (exact) mass is 184 g/mol. The Labute approximate surface area is 83.7 Å². The lowest BCUT2D eigenvalue weighted by Gasteiger charge is -2.08. The van der Waals surface area contributed by atoms with Gasteiger partial charge in [-0.3, -0.25) is 4.99 Å². The molecule has 1 heterocycles. The quantitative estimate of drug-likeness (QED) is 0.702. The van der Waals surface area contributed by atoms with E-state index in [0.717, 1.165) is 23.4 Å². The molecule has 1 aromatic carbocycles. The summed E-state index contributed by atoms with van der Waals surface area (Å²) in [4.78, 5) is 4.21. The van der Waals surface area contributed by atoms with Crippen LogP contribution in [0.2, 0.25) is 0 Å². The molecule has 0 radical (unpaired) electrons. The van der Waals surface area contributed by atoms with E-state index >= 15 is 0 Å². The van der Waals surface area contributed by atoms with E-state index in [4.69, 9.17) is 0 Å². The molecule has 0 aromatic heterocycles. The summed E-state index contributed by atoms with van der Waals surface area (Å²) in [6.07, 6.45) is 6.37. The summed E-state index contributed by atoms with van der Waals surface area (Å²) in [6.45, 7) is 3.71. The van der Waals surface area contributed by atoms with Gasteiger partial charge in [-0.2, -0.15) is 0 Å². The molecular formula is C12H12N2. The summed E-state index contributed by atoms with van der Waals surface area (Å²) in [5.74, 6) is 0. The number of benzene rings is 1. The Hall–Kier alpha value is -1.83. The fraction of sp³-hybridized carbons (Fsp3) is 0.0833. The Morgan fingerprint density at radius 1 is 1.36 bits per heavy atom. The zero-order valence-corrected chi connectivity index (χ0v) is 7.90.